The van der Waals surface area contributed by atoms with Crippen LogP contribution in [0.4, 0.5) is 0 Å². The lowest BCUT2D eigenvalue weighted by Crippen LogP contribution is -2.14. The molecule has 2 heterocycles. The van der Waals surface area contributed by atoms with E-state index in [0.29, 0.717) is 0 Å². The average Bonchev–Trinajstić information content (AvgIpc) is 2.87. The van der Waals surface area contributed by atoms with Crippen molar-refractivity contribution in [1.82, 2.24) is 9.78 Å². The van der Waals surface area contributed by atoms with Crippen LogP contribution in [0, 0.1) is 0 Å². The Balaban J connectivity index is 2.01. The molecule has 20 heavy (non-hydrogen) atoms. The van der Waals surface area contributed by atoms with Crippen molar-refractivity contribution in [2.45, 2.75) is 32.3 Å². The molecule has 0 saturated heterocycles. The molecule has 1 unspecified atom stereocenters. The van der Waals surface area contributed by atoms with Crippen LogP contribution in [-0.4, -0.2) is 21.5 Å². The predicted molar refractivity (Wildman–Crippen MR) is 76.9 cm³/mol. The number of hydrogen-bond donors (Lipinski definition) is 1. The number of hydrogen-bond acceptors (Lipinski definition) is 3. The maximum atomic E-state index is 10.7. The maximum absolute atomic E-state index is 10.7. The Morgan fingerprint density at radius 1 is 1.45 bits per heavy atom. The van der Waals surface area contributed by atoms with Gasteiger partial charge in [-0.05, 0) is 30.9 Å². The number of rotatable bonds is 3. The second-order valence-corrected chi connectivity index (χ2v) is 5.23. The summed E-state index contributed by atoms with van der Waals surface area (Å²) in [5.74, 6) is 0.852. The number of nitrogens with zero attached hydrogens (tertiary/aromatic N) is 2. The zero-order valence-electron chi connectivity index (χ0n) is 12.0. The lowest BCUT2D eigenvalue weighted by molar-refractivity contribution is 0.198. The van der Waals surface area contributed by atoms with Crippen LogP contribution in [0.15, 0.2) is 24.3 Å². The number of aliphatic hydroxyl groups is 1. The highest BCUT2D eigenvalue weighted by Gasteiger charge is 2.23. The minimum absolute atomic E-state index is 0.694. The molecule has 2 aromatic rings. The van der Waals surface area contributed by atoms with Gasteiger partial charge in [0.05, 0.1) is 18.0 Å². The van der Waals surface area contributed by atoms with Crippen molar-refractivity contribution < 1.29 is 9.84 Å². The number of para-hydroxylation sites is 1. The number of benzene rings is 1. The Bertz CT molecular complexity index is 619. The van der Waals surface area contributed by atoms with Crippen LogP contribution < -0.4 is 4.74 Å². The lowest BCUT2D eigenvalue weighted by atomic mass is 9.98. The summed E-state index contributed by atoms with van der Waals surface area (Å²) in [6.45, 7) is 2.79. The summed E-state index contributed by atoms with van der Waals surface area (Å²) >= 11 is 0. The normalized spacial score (nSPS) is 15.6. The summed E-state index contributed by atoms with van der Waals surface area (Å²) in [5, 5.41) is 15.1. The molecule has 0 saturated carbocycles. The van der Waals surface area contributed by atoms with Crippen molar-refractivity contribution >= 4 is 0 Å². The smallest absolute Gasteiger partial charge is 0.128 e. The third kappa shape index (κ3) is 2.20. The summed E-state index contributed by atoms with van der Waals surface area (Å²) in [5.41, 5.74) is 3.83. The fourth-order valence-electron chi connectivity index (χ4n) is 2.76. The number of fused-ring (bicyclic) bond motifs is 1. The summed E-state index contributed by atoms with van der Waals surface area (Å²) in [7, 11) is 1.87. The van der Waals surface area contributed by atoms with Crippen molar-refractivity contribution in [3.8, 4) is 5.75 Å². The third-order valence-corrected chi connectivity index (χ3v) is 3.87. The average molecular weight is 272 g/mol. The van der Waals surface area contributed by atoms with E-state index < -0.39 is 6.10 Å². The third-order valence-electron chi connectivity index (χ3n) is 3.87. The molecule has 4 nitrogen and oxygen atoms in total. The quantitative estimate of drug-likeness (QED) is 0.933. The van der Waals surface area contributed by atoms with Gasteiger partial charge in [0.1, 0.15) is 11.9 Å². The molecule has 1 aromatic heterocycles. The van der Waals surface area contributed by atoms with E-state index in [1.54, 1.807) is 4.68 Å². The number of ether oxygens (including phenoxy) is 1. The molecule has 0 radical (unpaired) electrons. The molecule has 1 aliphatic heterocycles. The largest absolute Gasteiger partial charge is 0.493 e. The molecule has 0 fully saturated rings. The molecule has 4 heteroatoms. The molecule has 0 spiro atoms. The summed E-state index contributed by atoms with van der Waals surface area (Å²) < 4.78 is 7.54. The molecule has 3 rings (SSSR count). The molecule has 1 aromatic carbocycles. The van der Waals surface area contributed by atoms with E-state index in [4.69, 9.17) is 4.74 Å². The van der Waals surface area contributed by atoms with Crippen molar-refractivity contribution in [3.63, 3.8) is 0 Å². The van der Waals surface area contributed by atoms with Gasteiger partial charge in [-0.1, -0.05) is 25.1 Å². The first-order chi connectivity index (χ1) is 9.70. The van der Waals surface area contributed by atoms with Gasteiger partial charge in [-0.15, -0.1) is 0 Å². The van der Waals surface area contributed by atoms with Gasteiger partial charge in [0.25, 0.3) is 0 Å². The molecule has 1 N–H and O–H groups in total. The van der Waals surface area contributed by atoms with Crippen LogP contribution in [0.2, 0.25) is 0 Å². The zero-order chi connectivity index (χ0) is 14.1. The van der Waals surface area contributed by atoms with E-state index in [9.17, 15) is 5.11 Å². The number of aryl methyl sites for hydroxylation is 3. The minimum atomic E-state index is -0.694. The molecule has 0 amide bonds. The number of aliphatic hydroxyl groups excluding tert-OH is 1. The minimum Gasteiger partial charge on any atom is -0.493 e. The van der Waals surface area contributed by atoms with E-state index in [-0.39, 0.29) is 0 Å². The van der Waals surface area contributed by atoms with E-state index in [2.05, 4.69) is 18.1 Å². The zero-order valence-corrected chi connectivity index (χ0v) is 12.0. The Morgan fingerprint density at radius 2 is 2.30 bits per heavy atom. The van der Waals surface area contributed by atoms with E-state index in [0.717, 1.165) is 48.6 Å². The van der Waals surface area contributed by atoms with Gasteiger partial charge < -0.3 is 9.84 Å². The van der Waals surface area contributed by atoms with Crippen LogP contribution in [0.25, 0.3) is 0 Å². The van der Waals surface area contributed by atoms with Crippen LogP contribution in [0.5, 0.6) is 5.75 Å². The van der Waals surface area contributed by atoms with Crippen molar-refractivity contribution in [2.75, 3.05) is 6.61 Å². The Morgan fingerprint density at radius 3 is 3.05 bits per heavy atom. The van der Waals surface area contributed by atoms with Gasteiger partial charge in [-0.3, -0.25) is 4.68 Å². The van der Waals surface area contributed by atoms with Gasteiger partial charge in [-0.25, -0.2) is 0 Å². The fraction of sp³-hybridized carbons (Fsp3) is 0.438. The predicted octanol–water partition coefficient (Wildman–Crippen LogP) is 2.39. The SMILES string of the molecule is CCc1cc(C(O)c2cccc3c2OCCC3)n(C)n1. The monoisotopic (exact) mass is 272 g/mol. The molecule has 106 valence electrons. The Hall–Kier alpha value is -1.81. The van der Waals surface area contributed by atoms with Crippen LogP contribution in [0.3, 0.4) is 0 Å². The molecular weight excluding hydrogens is 252 g/mol. The molecule has 0 bridgehead atoms. The molecule has 1 aliphatic rings. The van der Waals surface area contributed by atoms with Gasteiger partial charge in [0.15, 0.2) is 0 Å². The van der Waals surface area contributed by atoms with Gasteiger partial charge in [0, 0.05) is 12.6 Å². The Kier molecular flexibility index (Phi) is 3.49. The number of aromatic nitrogens is 2. The second-order valence-electron chi connectivity index (χ2n) is 5.23. The maximum Gasteiger partial charge on any atom is 0.128 e. The van der Waals surface area contributed by atoms with Gasteiger partial charge in [-0.2, -0.15) is 5.10 Å². The summed E-state index contributed by atoms with van der Waals surface area (Å²) in [4.78, 5) is 0. The topological polar surface area (TPSA) is 47.3 Å². The van der Waals surface area contributed by atoms with E-state index >= 15 is 0 Å². The van der Waals surface area contributed by atoms with Gasteiger partial charge >= 0.3 is 0 Å². The highest BCUT2D eigenvalue weighted by atomic mass is 16.5. The van der Waals surface area contributed by atoms with E-state index in [1.807, 2.05) is 25.2 Å². The van der Waals surface area contributed by atoms with E-state index in [1.165, 1.54) is 5.56 Å². The Labute approximate surface area is 119 Å². The molecule has 0 aliphatic carbocycles. The van der Waals surface area contributed by atoms with Crippen molar-refractivity contribution in [3.05, 3.63) is 46.8 Å². The molecule has 1 atom stereocenters. The lowest BCUT2D eigenvalue weighted by Gasteiger charge is -2.22. The van der Waals surface area contributed by atoms with Crippen LogP contribution >= 0.6 is 0 Å². The standard InChI is InChI=1S/C16H20N2O2/c1-3-12-10-14(18(2)17-12)15(19)13-8-4-6-11-7-5-9-20-16(11)13/h4,6,8,10,15,19H,3,5,7,9H2,1-2H3. The highest BCUT2D eigenvalue weighted by molar-refractivity contribution is 5.46. The fourth-order valence-corrected chi connectivity index (χ4v) is 2.76. The highest BCUT2D eigenvalue weighted by Crippen LogP contribution is 2.35. The summed E-state index contributed by atoms with van der Waals surface area (Å²) in [6.07, 6.45) is 2.23. The first kappa shape index (κ1) is 13.2. The first-order valence-corrected chi connectivity index (χ1v) is 7.16. The van der Waals surface area contributed by atoms with Crippen LogP contribution in [0.1, 0.15) is 42.0 Å². The second kappa shape index (κ2) is 5.29. The van der Waals surface area contributed by atoms with Gasteiger partial charge in [0.2, 0.25) is 0 Å². The first-order valence-electron chi connectivity index (χ1n) is 7.16. The van der Waals surface area contributed by atoms with Crippen LogP contribution in [-0.2, 0) is 19.9 Å². The van der Waals surface area contributed by atoms with Crippen molar-refractivity contribution in [2.24, 2.45) is 7.05 Å². The van der Waals surface area contributed by atoms with Crippen molar-refractivity contribution in [1.29, 1.82) is 0 Å². The summed E-state index contributed by atoms with van der Waals surface area (Å²) in [6, 6.07) is 7.97. The molecular formula is C16H20N2O2.